The van der Waals surface area contributed by atoms with Gasteiger partial charge in [-0.3, -0.25) is 0 Å². The summed E-state index contributed by atoms with van der Waals surface area (Å²) in [6.07, 6.45) is 0. The van der Waals surface area contributed by atoms with Crippen LogP contribution < -0.4 is 10.1 Å². The molecule has 1 unspecified atom stereocenters. The minimum atomic E-state index is -0.561. The van der Waals surface area contributed by atoms with Crippen LogP contribution in [0.3, 0.4) is 0 Å². The minimum absolute atomic E-state index is 0.209. The van der Waals surface area contributed by atoms with E-state index in [0.717, 1.165) is 0 Å². The molecule has 2 aromatic rings. The fourth-order valence-electron chi connectivity index (χ4n) is 2.29. The maximum atomic E-state index is 14.2. The van der Waals surface area contributed by atoms with Crippen molar-refractivity contribution < 1.29 is 13.5 Å². The molecule has 2 aromatic carbocycles. The van der Waals surface area contributed by atoms with Gasteiger partial charge in [-0.15, -0.1) is 0 Å². The fourth-order valence-corrected chi connectivity index (χ4v) is 2.47. The Morgan fingerprint density at radius 3 is 2.43 bits per heavy atom. The van der Waals surface area contributed by atoms with E-state index in [1.165, 1.54) is 26.2 Å². The Morgan fingerprint density at radius 2 is 1.81 bits per heavy atom. The first-order valence-corrected chi connectivity index (χ1v) is 6.82. The van der Waals surface area contributed by atoms with Gasteiger partial charge in [0.1, 0.15) is 17.4 Å². The van der Waals surface area contributed by atoms with Crippen molar-refractivity contribution in [2.45, 2.75) is 13.0 Å². The summed E-state index contributed by atoms with van der Waals surface area (Å²) < 4.78 is 33.3. The summed E-state index contributed by atoms with van der Waals surface area (Å²) in [5, 5.41) is 3.48. The van der Waals surface area contributed by atoms with Gasteiger partial charge >= 0.3 is 0 Å². The van der Waals surface area contributed by atoms with Crippen LogP contribution in [0.5, 0.6) is 5.75 Å². The number of aryl methyl sites for hydroxylation is 1. The molecule has 0 aromatic heterocycles. The number of benzene rings is 2. The largest absolute Gasteiger partial charge is 0.496 e. The van der Waals surface area contributed by atoms with E-state index in [0.29, 0.717) is 16.3 Å². The third kappa shape index (κ3) is 3.17. The Morgan fingerprint density at radius 1 is 1.10 bits per heavy atom. The summed E-state index contributed by atoms with van der Waals surface area (Å²) in [6, 6.07) is 6.89. The monoisotopic (exact) mass is 311 g/mol. The van der Waals surface area contributed by atoms with Crippen molar-refractivity contribution in [3.05, 3.63) is 63.7 Å². The van der Waals surface area contributed by atoms with E-state index in [1.807, 2.05) is 0 Å². The molecule has 1 atom stereocenters. The van der Waals surface area contributed by atoms with Crippen LogP contribution in [0.1, 0.15) is 22.7 Å². The Kier molecular flexibility index (Phi) is 4.80. The molecule has 5 heteroatoms. The van der Waals surface area contributed by atoms with Gasteiger partial charge in [0.2, 0.25) is 0 Å². The first-order valence-electron chi connectivity index (χ1n) is 6.44. The summed E-state index contributed by atoms with van der Waals surface area (Å²) >= 11 is 6.01. The van der Waals surface area contributed by atoms with Gasteiger partial charge in [-0.1, -0.05) is 11.6 Å². The second-order valence-electron chi connectivity index (χ2n) is 4.73. The Balaban J connectivity index is 2.59. The molecule has 21 heavy (non-hydrogen) atoms. The molecule has 2 rings (SSSR count). The average Bonchev–Trinajstić information content (AvgIpc) is 2.45. The topological polar surface area (TPSA) is 21.3 Å². The van der Waals surface area contributed by atoms with Crippen molar-refractivity contribution in [1.29, 1.82) is 0 Å². The van der Waals surface area contributed by atoms with Crippen LogP contribution in [0.2, 0.25) is 5.02 Å². The van der Waals surface area contributed by atoms with E-state index < -0.39 is 17.7 Å². The van der Waals surface area contributed by atoms with Gasteiger partial charge in [-0.05, 0) is 49.9 Å². The van der Waals surface area contributed by atoms with Crippen molar-refractivity contribution in [2.24, 2.45) is 0 Å². The second-order valence-corrected chi connectivity index (χ2v) is 5.17. The molecule has 1 N–H and O–H groups in total. The van der Waals surface area contributed by atoms with Crippen molar-refractivity contribution in [3.63, 3.8) is 0 Å². The molecule has 0 heterocycles. The summed E-state index contributed by atoms with van der Waals surface area (Å²) in [5.41, 5.74) is 1.12. The van der Waals surface area contributed by atoms with Crippen LogP contribution in [0.4, 0.5) is 8.78 Å². The first-order chi connectivity index (χ1) is 9.97. The molecule has 0 aliphatic heterocycles. The zero-order chi connectivity index (χ0) is 15.6. The van der Waals surface area contributed by atoms with E-state index in [1.54, 1.807) is 25.2 Å². The van der Waals surface area contributed by atoms with E-state index >= 15 is 0 Å². The van der Waals surface area contributed by atoms with Crippen LogP contribution in [-0.4, -0.2) is 14.2 Å². The highest BCUT2D eigenvalue weighted by atomic mass is 35.5. The Bertz CT molecular complexity index is 661. The maximum absolute atomic E-state index is 14.2. The predicted molar refractivity (Wildman–Crippen MR) is 80.0 cm³/mol. The maximum Gasteiger partial charge on any atom is 0.128 e. The van der Waals surface area contributed by atoms with E-state index in [-0.39, 0.29) is 11.1 Å². The lowest BCUT2D eigenvalue weighted by atomic mass is 9.96. The quantitative estimate of drug-likeness (QED) is 0.911. The van der Waals surface area contributed by atoms with Crippen molar-refractivity contribution in [1.82, 2.24) is 5.32 Å². The average molecular weight is 312 g/mol. The van der Waals surface area contributed by atoms with Crippen LogP contribution >= 0.6 is 11.6 Å². The molecule has 2 nitrogen and oxygen atoms in total. The zero-order valence-corrected chi connectivity index (χ0v) is 12.8. The van der Waals surface area contributed by atoms with Crippen molar-refractivity contribution in [2.75, 3.05) is 14.2 Å². The molecule has 0 saturated heterocycles. The number of hydrogen-bond donors (Lipinski definition) is 1. The summed E-state index contributed by atoms with van der Waals surface area (Å²) in [6.45, 7) is 1.52. The van der Waals surface area contributed by atoms with Gasteiger partial charge in [0.25, 0.3) is 0 Å². The minimum Gasteiger partial charge on any atom is -0.496 e. The second kappa shape index (κ2) is 6.41. The van der Waals surface area contributed by atoms with Gasteiger partial charge in [-0.2, -0.15) is 0 Å². The molecular weight excluding hydrogens is 296 g/mol. The van der Waals surface area contributed by atoms with Crippen molar-refractivity contribution >= 4 is 11.6 Å². The fraction of sp³-hybridized carbons (Fsp3) is 0.250. The van der Waals surface area contributed by atoms with E-state index in [4.69, 9.17) is 16.3 Å². The highest BCUT2D eigenvalue weighted by Gasteiger charge is 2.21. The normalized spacial score (nSPS) is 12.3. The number of methoxy groups -OCH3 is 1. The highest BCUT2D eigenvalue weighted by molar-refractivity contribution is 6.30. The van der Waals surface area contributed by atoms with Gasteiger partial charge in [0.15, 0.2) is 0 Å². The SMILES string of the molecule is CNC(c1cc(F)c(C)cc1F)c1cc(Cl)ccc1OC. The van der Waals surface area contributed by atoms with Gasteiger partial charge in [-0.25, -0.2) is 8.78 Å². The van der Waals surface area contributed by atoms with Crippen LogP contribution in [0.25, 0.3) is 0 Å². The Labute approximate surface area is 127 Å². The smallest absolute Gasteiger partial charge is 0.128 e. The lowest BCUT2D eigenvalue weighted by Gasteiger charge is -2.21. The predicted octanol–water partition coefficient (Wildman–Crippen LogP) is 4.24. The Hall–Kier alpha value is -1.65. The molecule has 0 aliphatic rings. The molecule has 0 radical (unpaired) electrons. The summed E-state index contributed by atoms with van der Waals surface area (Å²) in [4.78, 5) is 0. The lowest BCUT2D eigenvalue weighted by Crippen LogP contribution is -2.20. The standard InChI is InChI=1S/C16H16ClF2NO/c1-9-6-14(19)11(8-13(9)18)16(20-2)12-7-10(17)4-5-15(12)21-3/h4-8,16,20H,1-3H3. The first kappa shape index (κ1) is 15.7. The number of halogens is 3. The van der Waals surface area contributed by atoms with Crippen LogP contribution in [-0.2, 0) is 0 Å². The third-order valence-corrected chi connectivity index (χ3v) is 3.62. The van der Waals surface area contributed by atoms with Crippen molar-refractivity contribution in [3.8, 4) is 5.75 Å². The van der Waals surface area contributed by atoms with Gasteiger partial charge < -0.3 is 10.1 Å². The third-order valence-electron chi connectivity index (χ3n) is 3.38. The summed E-state index contributed by atoms with van der Waals surface area (Å²) in [7, 11) is 3.19. The number of ether oxygens (including phenoxy) is 1. The molecule has 0 amide bonds. The van der Waals surface area contributed by atoms with E-state index in [9.17, 15) is 8.78 Å². The number of rotatable bonds is 4. The molecule has 0 fully saturated rings. The number of hydrogen-bond acceptors (Lipinski definition) is 2. The summed E-state index contributed by atoms with van der Waals surface area (Å²) in [5.74, 6) is -0.373. The van der Waals surface area contributed by atoms with E-state index in [2.05, 4.69) is 5.32 Å². The molecule has 0 aliphatic carbocycles. The molecule has 112 valence electrons. The van der Waals surface area contributed by atoms with Crippen LogP contribution in [0, 0.1) is 18.6 Å². The molecular formula is C16H16ClF2NO. The molecule has 0 spiro atoms. The molecule has 0 bridgehead atoms. The van der Waals surface area contributed by atoms with Gasteiger partial charge in [0, 0.05) is 16.1 Å². The van der Waals surface area contributed by atoms with Gasteiger partial charge in [0.05, 0.1) is 13.2 Å². The van der Waals surface area contributed by atoms with Crippen LogP contribution in [0.15, 0.2) is 30.3 Å². The zero-order valence-electron chi connectivity index (χ0n) is 12.0. The highest BCUT2D eigenvalue weighted by Crippen LogP contribution is 2.33. The molecule has 0 saturated carbocycles. The lowest BCUT2D eigenvalue weighted by molar-refractivity contribution is 0.404. The number of nitrogens with one attached hydrogen (secondary N) is 1.